The van der Waals surface area contributed by atoms with E-state index in [2.05, 4.69) is 31.5 Å². The molecule has 2 N–H and O–H groups in total. The smallest absolute Gasteiger partial charge is 0.238 e. The Morgan fingerprint density at radius 2 is 2.38 bits per heavy atom. The summed E-state index contributed by atoms with van der Waals surface area (Å²) in [4.78, 5) is 15.4. The average molecular weight is 288 g/mol. The number of carbonyl (C=O) groups excluding carboxylic acids is 1. The lowest BCUT2D eigenvalue weighted by Crippen LogP contribution is -2.30. The minimum atomic E-state index is -0.0970. The van der Waals surface area contributed by atoms with Crippen molar-refractivity contribution in [3.05, 3.63) is 22.9 Å². The molecule has 5 nitrogen and oxygen atoms in total. The Labute approximate surface area is 103 Å². The molecule has 0 atom stereocenters. The van der Waals surface area contributed by atoms with Gasteiger partial charge in [0.1, 0.15) is 4.60 Å². The molecule has 0 unspecified atom stereocenters. The molecule has 0 aromatic carbocycles. The van der Waals surface area contributed by atoms with Gasteiger partial charge in [-0.3, -0.25) is 4.79 Å². The molecule has 1 aromatic rings. The molecule has 0 aliphatic carbocycles. The fourth-order valence-corrected chi connectivity index (χ4v) is 1.27. The highest BCUT2D eigenvalue weighted by atomic mass is 79.9. The lowest BCUT2D eigenvalue weighted by Gasteiger charge is -2.05. The largest absolute Gasteiger partial charge is 0.383 e. The molecule has 0 saturated carbocycles. The van der Waals surface area contributed by atoms with Gasteiger partial charge in [0, 0.05) is 13.7 Å². The van der Waals surface area contributed by atoms with Crippen molar-refractivity contribution in [3.63, 3.8) is 0 Å². The lowest BCUT2D eigenvalue weighted by molar-refractivity contribution is -0.115. The highest BCUT2D eigenvalue weighted by Gasteiger charge is 2.01. The third kappa shape index (κ3) is 5.20. The van der Waals surface area contributed by atoms with Gasteiger partial charge in [-0.25, -0.2) is 4.98 Å². The molecular formula is C10H14BrN3O2. The summed E-state index contributed by atoms with van der Waals surface area (Å²) in [5, 5.41) is 5.67. The summed E-state index contributed by atoms with van der Waals surface area (Å²) >= 11 is 3.22. The van der Waals surface area contributed by atoms with Crippen LogP contribution in [0.4, 0.5) is 5.69 Å². The zero-order chi connectivity index (χ0) is 11.8. The second-order valence-corrected chi connectivity index (χ2v) is 3.90. The number of hydrogen-bond donors (Lipinski definition) is 2. The second-order valence-electron chi connectivity index (χ2n) is 3.09. The molecule has 0 aliphatic heterocycles. The fraction of sp³-hybridized carbons (Fsp3) is 0.400. The van der Waals surface area contributed by atoms with Gasteiger partial charge in [-0.15, -0.1) is 0 Å². The normalized spacial score (nSPS) is 10.1. The minimum Gasteiger partial charge on any atom is -0.383 e. The first-order valence-corrected chi connectivity index (χ1v) is 5.62. The predicted octanol–water partition coefficient (Wildman–Crippen LogP) is 1.02. The van der Waals surface area contributed by atoms with Gasteiger partial charge in [-0.05, 0) is 28.1 Å². The molecule has 1 heterocycles. The van der Waals surface area contributed by atoms with Gasteiger partial charge in [0.05, 0.1) is 25.0 Å². The summed E-state index contributed by atoms with van der Waals surface area (Å²) in [6, 6.07) is 3.55. The molecule has 88 valence electrons. The molecular weight excluding hydrogens is 274 g/mol. The van der Waals surface area contributed by atoms with Crippen molar-refractivity contribution in [1.29, 1.82) is 0 Å². The average Bonchev–Trinajstić information content (AvgIpc) is 2.28. The Morgan fingerprint density at radius 3 is 3.00 bits per heavy atom. The lowest BCUT2D eigenvalue weighted by atomic mass is 10.4. The maximum atomic E-state index is 11.4. The van der Waals surface area contributed by atoms with Crippen LogP contribution in [0.3, 0.4) is 0 Å². The number of pyridine rings is 1. The van der Waals surface area contributed by atoms with Crippen LogP contribution in [-0.4, -0.2) is 37.7 Å². The summed E-state index contributed by atoms with van der Waals surface area (Å²) in [5.74, 6) is -0.0970. The van der Waals surface area contributed by atoms with Crippen molar-refractivity contribution in [2.45, 2.75) is 0 Å². The van der Waals surface area contributed by atoms with Crippen LogP contribution in [0.1, 0.15) is 0 Å². The minimum absolute atomic E-state index is 0.0970. The van der Waals surface area contributed by atoms with Crippen LogP contribution in [0.25, 0.3) is 0 Å². The van der Waals surface area contributed by atoms with E-state index in [1.807, 2.05) is 0 Å². The first kappa shape index (κ1) is 13.1. The number of nitrogens with one attached hydrogen (secondary N) is 2. The third-order valence-corrected chi connectivity index (χ3v) is 2.25. The Balaban J connectivity index is 2.26. The number of ether oxygens (including phenoxy) is 1. The van der Waals surface area contributed by atoms with E-state index in [9.17, 15) is 4.79 Å². The molecule has 0 saturated heterocycles. The van der Waals surface area contributed by atoms with E-state index in [1.54, 1.807) is 25.4 Å². The summed E-state index contributed by atoms with van der Waals surface area (Å²) < 4.78 is 5.59. The topological polar surface area (TPSA) is 63.2 Å². The van der Waals surface area contributed by atoms with Crippen molar-refractivity contribution < 1.29 is 9.53 Å². The summed E-state index contributed by atoms with van der Waals surface area (Å²) in [7, 11) is 1.62. The Hall–Kier alpha value is -0.980. The highest BCUT2D eigenvalue weighted by molar-refractivity contribution is 9.10. The van der Waals surface area contributed by atoms with E-state index < -0.39 is 0 Å². The first-order chi connectivity index (χ1) is 7.72. The Kier molecular flexibility index (Phi) is 5.99. The van der Waals surface area contributed by atoms with Crippen LogP contribution >= 0.6 is 15.9 Å². The fourth-order valence-electron chi connectivity index (χ4n) is 1.03. The quantitative estimate of drug-likeness (QED) is 0.606. The monoisotopic (exact) mass is 287 g/mol. The number of nitrogens with zero attached hydrogens (tertiary/aromatic N) is 1. The van der Waals surface area contributed by atoms with Crippen molar-refractivity contribution >= 4 is 27.5 Å². The highest BCUT2D eigenvalue weighted by Crippen LogP contribution is 2.09. The van der Waals surface area contributed by atoms with Gasteiger partial charge in [0.15, 0.2) is 0 Å². The zero-order valence-corrected chi connectivity index (χ0v) is 10.6. The van der Waals surface area contributed by atoms with Crippen LogP contribution < -0.4 is 10.6 Å². The van der Waals surface area contributed by atoms with Gasteiger partial charge >= 0.3 is 0 Å². The van der Waals surface area contributed by atoms with E-state index >= 15 is 0 Å². The molecule has 16 heavy (non-hydrogen) atoms. The number of rotatable bonds is 6. The van der Waals surface area contributed by atoms with E-state index in [-0.39, 0.29) is 12.5 Å². The first-order valence-electron chi connectivity index (χ1n) is 4.83. The van der Waals surface area contributed by atoms with Gasteiger partial charge in [0.2, 0.25) is 5.91 Å². The van der Waals surface area contributed by atoms with E-state index in [1.165, 1.54) is 0 Å². The molecule has 1 aromatic heterocycles. The van der Waals surface area contributed by atoms with Crippen LogP contribution in [0.2, 0.25) is 0 Å². The molecule has 0 bridgehead atoms. The van der Waals surface area contributed by atoms with E-state index in [0.29, 0.717) is 18.8 Å². The number of halogens is 1. The maximum Gasteiger partial charge on any atom is 0.238 e. The molecule has 1 amide bonds. The number of carbonyl (C=O) groups is 1. The Bertz CT molecular complexity index is 329. The van der Waals surface area contributed by atoms with Crippen LogP contribution in [0.5, 0.6) is 0 Å². The number of aromatic nitrogens is 1. The summed E-state index contributed by atoms with van der Waals surface area (Å²) in [6.45, 7) is 1.51. The molecule has 6 heteroatoms. The van der Waals surface area contributed by atoms with Gasteiger partial charge < -0.3 is 15.4 Å². The maximum absolute atomic E-state index is 11.4. The molecule has 1 rings (SSSR count). The third-order valence-electron chi connectivity index (χ3n) is 1.78. The standard InChI is InChI=1S/C10H14BrN3O2/c1-16-5-4-12-7-10(15)14-8-2-3-9(11)13-6-8/h2-3,6,12H,4-5,7H2,1H3,(H,14,15). The van der Waals surface area contributed by atoms with Crippen molar-refractivity contribution in [1.82, 2.24) is 10.3 Å². The Morgan fingerprint density at radius 1 is 1.56 bits per heavy atom. The van der Waals surface area contributed by atoms with Crippen LogP contribution in [0, 0.1) is 0 Å². The molecule has 0 radical (unpaired) electrons. The number of amides is 1. The van der Waals surface area contributed by atoms with Crippen LogP contribution in [-0.2, 0) is 9.53 Å². The SMILES string of the molecule is COCCNCC(=O)Nc1ccc(Br)nc1. The van der Waals surface area contributed by atoms with Gasteiger partial charge in [-0.1, -0.05) is 0 Å². The van der Waals surface area contributed by atoms with Gasteiger partial charge in [-0.2, -0.15) is 0 Å². The second kappa shape index (κ2) is 7.32. The van der Waals surface area contributed by atoms with Crippen molar-refractivity contribution in [3.8, 4) is 0 Å². The van der Waals surface area contributed by atoms with Crippen molar-refractivity contribution in [2.75, 3.05) is 32.1 Å². The number of methoxy groups -OCH3 is 1. The van der Waals surface area contributed by atoms with E-state index in [4.69, 9.17) is 4.74 Å². The molecule has 0 spiro atoms. The number of anilines is 1. The zero-order valence-electron chi connectivity index (χ0n) is 9.00. The van der Waals surface area contributed by atoms with Crippen molar-refractivity contribution in [2.24, 2.45) is 0 Å². The van der Waals surface area contributed by atoms with Gasteiger partial charge in [0.25, 0.3) is 0 Å². The number of hydrogen-bond acceptors (Lipinski definition) is 4. The predicted molar refractivity (Wildman–Crippen MR) is 65.3 cm³/mol. The molecule has 0 fully saturated rings. The van der Waals surface area contributed by atoms with E-state index in [0.717, 1.165) is 4.60 Å². The molecule has 0 aliphatic rings. The van der Waals surface area contributed by atoms with Crippen LogP contribution in [0.15, 0.2) is 22.9 Å². The summed E-state index contributed by atoms with van der Waals surface area (Å²) in [5.41, 5.74) is 0.682. The summed E-state index contributed by atoms with van der Waals surface area (Å²) in [6.07, 6.45) is 1.59.